The van der Waals surface area contributed by atoms with Gasteiger partial charge in [0.05, 0.1) is 17.6 Å². The number of anilines is 1. The Labute approximate surface area is 142 Å². The van der Waals surface area contributed by atoms with Crippen LogP contribution in [0.2, 0.25) is 0 Å². The summed E-state index contributed by atoms with van der Waals surface area (Å²) in [4.78, 5) is 35.4. The zero-order valence-corrected chi connectivity index (χ0v) is 14.2. The third kappa shape index (κ3) is 3.43. The molecule has 1 heterocycles. The number of ether oxygens (including phenoxy) is 1. The maximum atomic E-state index is 12.3. The molecule has 0 fully saturated rings. The highest BCUT2D eigenvalue weighted by Gasteiger charge is 2.23. The number of hydrogen-bond donors (Lipinski definition) is 1. The van der Waals surface area contributed by atoms with Gasteiger partial charge >= 0.3 is 5.97 Å². The molecular weight excluding hydrogens is 332 g/mol. The molecular formula is C16H16N2O5S. The van der Waals surface area contributed by atoms with Gasteiger partial charge in [0.2, 0.25) is 0 Å². The average molecular weight is 348 g/mol. The van der Waals surface area contributed by atoms with Crippen LogP contribution in [0.3, 0.4) is 0 Å². The van der Waals surface area contributed by atoms with Gasteiger partial charge in [-0.2, -0.15) is 0 Å². The highest BCUT2D eigenvalue weighted by molar-refractivity contribution is 7.16. The highest BCUT2D eigenvalue weighted by atomic mass is 32.1. The number of nitro groups is 1. The fraction of sp³-hybridized carbons (Fsp3) is 0.250. The van der Waals surface area contributed by atoms with Gasteiger partial charge in [-0.3, -0.25) is 14.9 Å². The summed E-state index contributed by atoms with van der Waals surface area (Å²) in [5, 5.41) is 13.8. The lowest BCUT2D eigenvalue weighted by molar-refractivity contribution is -0.384. The van der Waals surface area contributed by atoms with E-state index < -0.39 is 16.8 Å². The van der Waals surface area contributed by atoms with Crippen molar-refractivity contribution in [3.63, 3.8) is 0 Å². The van der Waals surface area contributed by atoms with Crippen LogP contribution in [0.25, 0.3) is 0 Å². The molecule has 0 saturated heterocycles. The second kappa shape index (κ2) is 7.22. The van der Waals surface area contributed by atoms with Gasteiger partial charge < -0.3 is 10.1 Å². The number of hydrogen-bond acceptors (Lipinski definition) is 6. The lowest BCUT2D eigenvalue weighted by atomic mass is 10.1. The Kier molecular flexibility index (Phi) is 5.30. The molecule has 24 heavy (non-hydrogen) atoms. The molecule has 2 rings (SSSR count). The smallest absolute Gasteiger partial charge is 0.341 e. The van der Waals surface area contributed by atoms with Crippen LogP contribution in [-0.2, 0) is 11.2 Å². The zero-order valence-electron chi connectivity index (χ0n) is 13.4. The van der Waals surface area contributed by atoms with E-state index in [1.807, 2.05) is 13.8 Å². The van der Waals surface area contributed by atoms with Crippen molar-refractivity contribution in [1.82, 2.24) is 0 Å². The van der Waals surface area contributed by atoms with E-state index >= 15 is 0 Å². The molecule has 0 aliphatic rings. The topological polar surface area (TPSA) is 98.5 Å². The first kappa shape index (κ1) is 17.6. The van der Waals surface area contributed by atoms with Gasteiger partial charge in [0.25, 0.3) is 11.6 Å². The monoisotopic (exact) mass is 348 g/mol. The first-order valence-electron chi connectivity index (χ1n) is 7.15. The minimum absolute atomic E-state index is 0.0953. The summed E-state index contributed by atoms with van der Waals surface area (Å²) >= 11 is 1.30. The molecule has 0 bridgehead atoms. The van der Waals surface area contributed by atoms with E-state index in [4.69, 9.17) is 4.74 Å². The standard InChI is InChI=1S/C16H16N2O5S/c1-4-12-9(2)24-15(13(12)16(20)23-3)17-14(19)10-5-7-11(8-6-10)18(21)22/h5-8H,4H2,1-3H3,(H,17,19). The van der Waals surface area contributed by atoms with Crippen LogP contribution in [0.5, 0.6) is 0 Å². The normalized spacial score (nSPS) is 10.3. The maximum Gasteiger partial charge on any atom is 0.341 e. The molecule has 1 aromatic heterocycles. The summed E-state index contributed by atoms with van der Waals surface area (Å²) in [6, 6.07) is 5.25. The summed E-state index contributed by atoms with van der Waals surface area (Å²) in [5.41, 5.74) is 1.37. The van der Waals surface area contributed by atoms with Gasteiger partial charge in [-0.25, -0.2) is 4.79 Å². The first-order chi connectivity index (χ1) is 11.4. The number of carbonyl (C=O) groups excluding carboxylic acids is 2. The molecule has 1 N–H and O–H groups in total. The fourth-order valence-electron chi connectivity index (χ4n) is 2.32. The second-order valence-corrected chi connectivity index (χ2v) is 6.17. The van der Waals surface area contributed by atoms with Crippen LogP contribution in [0.15, 0.2) is 24.3 Å². The number of aryl methyl sites for hydroxylation is 1. The fourth-order valence-corrected chi connectivity index (χ4v) is 3.45. The number of nitrogens with zero attached hydrogens (tertiary/aromatic N) is 1. The quantitative estimate of drug-likeness (QED) is 0.506. The molecule has 1 amide bonds. The van der Waals surface area contributed by atoms with E-state index in [9.17, 15) is 19.7 Å². The Bertz CT molecular complexity index is 796. The predicted molar refractivity (Wildman–Crippen MR) is 90.8 cm³/mol. The third-order valence-corrected chi connectivity index (χ3v) is 4.58. The van der Waals surface area contributed by atoms with Gasteiger partial charge in [-0.1, -0.05) is 6.92 Å². The molecule has 0 unspecified atom stereocenters. The lowest BCUT2D eigenvalue weighted by Crippen LogP contribution is -2.14. The van der Waals surface area contributed by atoms with Crippen molar-refractivity contribution in [2.45, 2.75) is 20.3 Å². The van der Waals surface area contributed by atoms with Crippen molar-refractivity contribution in [1.29, 1.82) is 0 Å². The Morgan fingerprint density at radius 2 is 1.92 bits per heavy atom. The van der Waals surface area contributed by atoms with Crippen LogP contribution in [0, 0.1) is 17.0 Å². The number of non-ortho nitro benzene ring substituents is 1. The van der Waals surface area contributed by atoms with Crippen LogP contribution < -0.4 is 5.32 Å². The zero-order chi connectivity index (χ0) is 17.9. The number of thiophene rings is 1. The van der Waals surface area contributed by atoms with E-state index in [1.54, 1.807) is 0 Å². The number of carbonyl (C=O) groups is 2. The average Bonchev–Trinajstić information content (AvgIpc) is 2.89. The Morgan fingerprint density at radius 1 is 1.29 bits per heavy atom. The third-order valence-electron chi connectivity index (χ3n) is 3.52. The molecule has 0 aliphatic carbocycles. The number of esters is 1. The van der Waals surface area contributed by atoms with Crippen LogP contribution in [-0.4, -0.2) is 23.9 Å². The molecule has 0 saturated carbocycles. The number of amides is 1. The largest absolute Gasteiger partial charge is 0.465 e. The molecule has 0 radical (unpaired) electrons. The predicted octanol–water partition coefficient (Wildman–Crippen LogP) is 3.57. The lowest BCUT2D eigenvalue weighted by Gasteiger charge is -2.07. The molecule has 0 spiro atoms. The molecule has 0 aliphatic heterocycles. The minimum Gasteiger partial charge on any atom is -0.465 e. The second-order valence-electron chi connectivity index (χ2n) is 4.94. The van der Waals surface area contributed by atoms with Gasteiger partial charge in [0, 0.05) is 22.6 Å². The number of methoxy groups -OCH3 is 1. The van der Waals surface area contributed by atoms with E-state index in [-0.39, 0.29) is 11.3 Å². The Hall–Kier alpha value is -2.74. The van der Waals surface area contributed by atoms with E-state index in [2.05, 4.69) is 5.32 Å². The summed E-state index contributed by atoms with van der Waals surface area (Å²) in [6.45, 7) is 3.79. The number of benzene rings is 1. The number of rotatable bonds is 5. The van der Waals surface area contributed by atoms with E-state index in [0.29, 0.717) is 17.0 Å². The van der Waals surface area contributed by atoms with Gasteiger partial charge in [-0.15, -0.1) is 11.3 Å². The van der Waals surface area contributed by atoms with Gasteiger partial charge in [-0.05, 0) is 31.0 Å². The van der Waals surface area contributed by atoms with Crippen LogP contribution >= 0.6 is 11.3 Å². The summed E-state index contributed by atoms with van der Waals surface area (Å²) in [7, 11) is 1.29. The molecule has 0 atom stereocenters. The molecule has 126 valence electrons. The molecule has 8 heteroatoms. The van der Waals surface area contributed by atoms with Crippen molar-refractivity contribution >= 4 is 33.9 Å². The SMILES string of the molecule is CCc1c(C)sc(NC(=O)c2ccc([N+](=O)[O-])cc2)c1C(=O)OC. The summed E-state index contributed by atoms with van der Waals surface area (Å²) in [5.74, 6) is -0.950. The molecule has 1 aromatic carbocycles. The van der Waals surface area contributed by atoms with E-state index in [0.717, 1.165) is 10.4 Å². The van der Waals surface area contributed by atoms with Crippen LogP contribution in [0.4, 0.5) is 10.7 Å². The van der Waals surface area contributed by atoms with Crippen molar-refractivity contribution in [3.05, 3.63) is 55.9 Å². The number of nitro benzene ring substituents is 1. The van der Waals surface area contributed by atoms with Gasteiger partial charge in [0.1, 0.15) is 5.00 Å². The van der Waals surface area contributed by atoms with Crippen LogP contribution in [0.1, 0.15) is 38.1 Å². The van der Waals surface area contributed by atoms with E-state index in [1.165, 1.54) is 42.7 Å². The summed E-state index contributed by atoms with van der Waals surface area (Å²) < 4.78 is 4.80. The Balaban J connectivity index is 2.31. The minimum atomic E-state index is -0.535. The van der Waals surface area contributed by atoms with Crippen molar-refractivity contribution in [2.24, 2.45) is 0 Å². The molecule has 7 nitrogen and oxygen atoms in total. The first-order valence-corrected chi connectivity index (χ1v) is 7.97. The van der Waals surface area contributed by atoms with Gasteiger partial charge in [0.15, 0.2) is 0 Å². The number of nitrogens with one attached hydrogen (secondary N) is 1. The Morgan fingerprint density at radius 3 is 2.42 bits per heavy atom. The summed E-state index contributed by atoms with van der Waals surface area (Å²) in [6.07, 6.45) is 0.639. The highest BCUT2D eigenvalue weighted by Crippen LogP contribution is 2.34. The van der Waals surface area contributed by atoms with Crippen molar-refractivity contribution in [3.8, 4) is 0 Å². The van der Waals surface area contributed by atoms with Crippen molar-refractivity contribution in [2.75, 3.05) is 12.4 Å². The van der Waals surface area contributed by atoms with Crippen molar-refractivity contribution < 1.29 is 19.2 Å². The maximum absolute atomic E-state index is 12.3. The molecule has 2 aromatic rings.